The molecule has 0 fully saturated rings. The molecule has 1 spiro atoms. The van der Waals surface area contributed by atoms with Crippen molar-refractivity contribution in [3.05, 3.63) is 179 Å². The van der Waals surface area contributed by atoms with Crippen molar-refractivity contribution in [1.82, 2.24) is 0 Å². The monoisotopic (exact) mass is 574 g/mol. The first-order valence-electron chi connectivity index (χ1n) is 15.9. The Morgan fingerprint density at radius 1 is 0.422 bits per heavy atom. The van der Waals surface area contributed by atoms with Crippen LogP contribution in [0.2, 0.25) is 0 Å². The van der Waals surface area contributed by atoms with Gasteiger partial charge in [-0.1, -0.05) is 141 Å². The van der Waals surface area contributed by atoms with Gasteiger partial charge in [0.25, 0.3) is 0 Å². The fraction of sp³-hybridized carbons (Fsp3) is 0.0909. The molecule has 0 saturated carbocycles. The van der Waals surface area contributed by atoms with E-state index in [1.807, 2.05) is 0 Å². The van der Waals surface area contributed by atoms with Crippen LogP contribution in [0.25, 0.3) is 44.2 Å². The fourth-order valence-electron chi connectivity index (χ4n) is 8.73. The third-order valence-electron chi connectivity index (χ3n) is 10.7. The number of hydrogen-bond donors (Lipinski definition) is 0. The van der Waals surface area contributed by atoms with E-state index in [1.165, 1.54) is 77.5 Å². The van der Waals surface area contributed by atoms with Gasteiger partial charge in [-0.05, 0) is 84.6 Å². The van der Waals surface area contributed by atoms with E-state index in [0.29, 0.717) is 0 Å². The second-order valence-electron chi connectivity index (χ2n) is 13.2. The van der Waals surface area contributed by atoms with Crippen molar-refractivity contribution in [1.29, 1.82) is 0 Å². The third-order valence-corrected chi connectivity index (χ3v) is 10.7. The van der Waals surface area contributed by atoms with Gasteiger partial charge in [-0.15, -0.1) is 0 Å². The van der Waals surface area contributed by atoms with E-state index in [1.54, 1.807) is 0 Å². The number of para-hydroxylation sites is 1. The Morgan fingerprint density at radius 3 is 1.84 bits per heavy atom. The summed E-state index contributed by atoms with van der Waals surface area (Å²) in [7, 11) is 0. The van der Waals surface area contributed by atoms with Gasteiger partial charge < -0.3 is 4.74 Å². The lowest BCUT2D eigenvalue weighted by atomic mass is 9.70. The molecule has 0 saturated heterocycles. The van der Waals surface area contributed by atoms with Crippen LogP contribution in [0.15, 0.2) is 146 Å². The van der Waals surface area contributed by atoms with Crippen LogP contribution in [0.3, 0.4) is 0 Å². The average Bonchev–Trinajstić information content (AvgIpc) is 3.55. The van der Waals surface area contributed by atoms with Crippen LogP contribution in [-0.2, 0) is 10.8 Å². The summed E-state index contributed by atoms with van der Waals surface area (Å²) in [4.78, 5) is 0. The van der Waals surface area contributed by atoms with Crippen LogP contribution in [0.4, 0.5) is 0 Å². The second kappa shape index (κ2) is 8.61. The minimum atomic E-state index is -0.354. The van der Waals surface area contributed by atoms with Gasteiger partial charge in [-0.2, -0.15) is 0 Å². The maximum absolute atomic E-state index is 6.51. The van der Waals surface area contributed by atoms with Crippen LogP contribution in [0.5, 0.6) is 11.5 Å². The SMILES string of the molecule is CC1(C)c2ccccc2Oc2cc(-c3ccc4c(c3)-c3ccccc3C43c4ccccc4-c4c3ccc3ccccc43)ccc21. The molecule has 1 nitrogen and oxygen atoms in total. The Kier molecular flexibility index (Phi) is 4.78. The molecule has 212 valence electrons. The molecule has 7 aromatic rings. The maximum atomic E-state index is 6.51. The summed E-state index contributed by atoms with van der Waals surface area (Å²) >= 11 is 0. The molecule has 1 unspecified atom stereocenters. The Morgan fingerprint density at radius 2 is 1.00 bits per heavy atom. The predicted molar refractivity (Wildman–Crippen MR) is 184 cm³/mol. The van der Waals surface area contributed by atoms with Gasteiger partial charge in [0.2, 0.25) is 0 Å². The topological polar surface area (TPSA) is 9.23 Å². The lowest BCUT2D eigenvalue weighted by Crippen LogP contribution is -2.25. The van der Waals surface area contributed by atoms with Crippen LogP contribution in [0.1, 0.15) is 47.2 Å². The van der Waals surface area contributed by atoms with Crippen molar-refractivity contribution in [3.63, 3.8) is 0 Å². The molecular weight excluding hydrogens is 544 g/mol. The lowest BCUT2D eigenvalue weighted by Gasteiger charge is -2.34. The van der Waals surface area contributed by atoms with Crippen LogP contribution in [0, 0.1) is 0 Å². The predicted octanol–water partition coefficient (Wildman–Crippen LogP) is 11.3. The molecule has 0 aromatic heterocycles. The minimum Gasteiger partial charge on any atom is -0.457 e. The van der Waals surface area contributed by atoms with E-state index >= 15 is 0 Å². The van der Waals surface area contributed by atoms with Gasteiger partial charge in [-0.3, -0.25) is 0 Å². The first-order chi connectivity index (χ1) is 22.1. The summed E-state index contributed by atoms with van der Waals surface area (Å²) in [6.45, 7) is 4.58. The molecule has 0 bridgehead atoms. The van der Waals surface area contributed by atoms with Crippen molar-refractivity contribution < 1.29 is 4.74 Å². The molecule has 0 amide bonds. The highest BCUT2D eigenvalue weighted by Gasteiger charge is 2.52. The Hall–Kier alpha value is -5.40. The van der Waals surface area contributed by atoms with Crippen molar-refractivity contribution in [2.24, 2.45) is 0 Å². The number of benzene rings is 7. The zero-order chi connectivity index (χ0) is 29.9. The standard InChI is InChI=1S/C44H30O/c1-43(2)37-17-9-10-18-40(37)45-41-26-29(21-23-38(41)43)28-20-22-36-33(25-28)31-13-5-7-15-34(31)44(36)35-16-8-6-14-32(35)42-30-12-4-3-11-27(30)19-24-39(42)44/h3-26H,1-2H3. The first kappa shape index (κ1) is 25.0. The van der Waals surface area contributed by atoms with E-state index in [4.69, 9.17) is 4.74 Å². The van der Waals surface area contributed by atoms with Gasteiger partial charge in [0, 0.05) is 16.5 Å². The minimum absolute atomic E-state index is 0.126. The number of hydrogen-bond acceptors (Lipinski definition) is 1. The van der Waals surface area contributed by atoms with Gasteiger partial charge in [0.05, 0.1) is 5.41 Å². The van der Waals surface area contributed by atoms with Crippen LogP contribution < -0.4 is 4.74 Å². The number of rotatable bonds is 1. The molecule has 7 aromatic carbocycles. The van der Waals surface area contributed by atoms with Crippen LogP contribution >= 0.6 is 0 Å². The highest BCUT2D eigenvalue weighted by Crippen LogP contribution is 2.64. The fourth-order valence-corrected chi connectivity index (χ4v) is 8.73. The van der Waals surface area contributed by atoms with Crippen molar-refractivity contribution >= 4 is 10.8 Å². The second-order valence-corrected chi connectivity index (χ2v) is 13.2. The van der Waals surface area contributed by atoms with Crippen molar-refractivity contribution in [2.45, 2.75) is 24.7 Å². The highest BCUT2D eigenvalue weighted by molar-refractivity contribution is 6.06. The molecule has 45 heavy (non-hydrogen) atoms. The smallest absolute Gasteiger partial charge is 0.132 e. The zero-order valence-electron chi connectivity index (χ0n) is 25.3. The zero-order valence-corrected chi connectivity index (χ0v) is 25.3. The lowest BCUT2D eigenvalue weighted by molar-refractivity contribution is 0.418. The Bertz CT molecular complexity index is 2390. The quantitative estimate of drug-likeness (QED) is 0.189. The highest BCUT2D eigenvalue weighted by atomic mass is 16.5. The van der Waals surface area contributed by atoms with Crippen LogP contribution in [-0.4, -0.2) is 0 Å². The molecule has 0 N–H and O–H groups in total. The van der Waals surface area contributed by atoms with E-state index < -0.39 is 0 Å². The van der Waals surface area contributed by atoms with E-state index in [0.717, 1.165) is 11.5 Å². The Balaban J connectivity index is 1.20. The molecule has 1 atom stereocenters. The maximum Gasteiger partial charge on any atom is 0.132 e. The summed E-state index contributed by atoms with van der Waals surface area (Å²) in [5.41, 5.74) is 15.2. The van der Waals surface area contributed by atoms with Gasteiger partial charge in [0.1, 0.15) is 11.5 Å². The van der Waals surface area contributed by atoms with Gasteiger partial charge >= 0.3 is 0 Å². The van der Waals surface area contributed by atoms with Gasteiger partial charge in [-0.25, -0.2) is 0 Å². The number of ether oxygens (including phenoxy) is 1. The third kappa shape index (κ3) is 3.08. The summed E-state index contributed by atoms with van der Waals surface area (Å²) in [6.07, 6.45) is 0. The molecule has 3 aliphatic rings. The van der Waals surface area contributed by atoms with E-state index in [2.05, 4.69) is 159 Å². The molecule has 1 aliphatic heterocycles. The molecule has 2 aliphatic carbocycles. The van der Waals surface area contributed by atoms with Gasteiger partial charge in [0.15, 0.2) is 0 Å². The summed E-state index contributed by atoms with van der Waals surface area (Å²) in [5.74, 6) is 1.89. The number of fused-ring (bicyclic) bond motifs is 14. The molecule has 10 rings (SSSR count). The molecule has 1 heterocycles. The first-order valence-corrected chi connectivity index (χ1v) is 15.9. The summed E-state index contributed by atoms with van der Waals surface area (Å²) in [6, 6.07) is 53.9. The average molecular weight is 575 g/mol. The summed E-state index contributed by atoms with van der Waals surface area (Å²) < 4.78 is 6.51. The molecular formula is C44H30O. The van der Waals surface area contributed by atoms with E-state index in [9.17, 15) is 0 Å². The molecule has 1 heteroatoms. The normalized spacial score (nSPS) is 17.6. The Labute approximate surface area is 263 Å². The van der Waals surface area contributed by atoms with Crippen molar-refractivity contribution in [2.75, 3.05) is 0 Å². The van der Waals surface area contributed by atoms with E-state index in [-0.39, 0.29) is 10.8 Å². The largest absolute Gasteiger partial charge is 0.457 e. The summed E-state index contributed by atoms with van der Waals surface area (Å²) in [5, 5.41) is 2.60. The van der Waals surface area contributed by atoms with Crippen molar-refractivity contribution in [3.8, 4) is 44.9 Å². The molecule has 0 radical (unpaired) electrons.